The highest BCUT2D eigenvalue weighted by Crippen LogP contribution is 2.34. The topological polar surface area (TPSA) is 144 Å². The molecule has 1 aliphatic carbocycles. The molecule has 0 fully saturated rings. The fourth-order valence-corrected chi connectivity index (χ4v) is 3.26. The van der Waals surface area contributed by atoms with Gasteiger partial charge < -0.3 is 20.9 Å². The van der Waals surface area contributed by atoms with Crippen molar-refractivity contribution in [1.29, 1.82) is 0 Å². The summed E-state index contributed by atoms with van der Waals surface area (Å²) in [6.45, 7) is 7.91. The lowest BCUT2D eigenvalue weighted by Crippen LogP contribution is -2.28. The zero-order valence-electron chi connectivity index (χ0n) is 19.8. The van der Waals surface area contributed by atoms with Crippen molar-refractivity contribution in [3.05, 3.63) is 63.9 Å². The predicted molar refractivity (Wildman–Crippen MR) is 124 cm³/mol. The second-order valence-corrected chi connectivity index (χ2v) is 8.63. The Bertz CT molecular complexity index is 1130. The molecule has 0 spiro atoms. The van der Waals surface area contributed by atoms with Gasteiger partial charge in [0.25, 0.3) is 5.91 Å². The van der Waals surface area contributed by atoms with Gasteiger partial charge in [-0.15, -0.1) is 0 Å². The fraction of sp³-hybridized carbons (Fsp3) is 0.375. The van der Waals surface area contributed by atoms with Gasteiger partial charge in [-0.25, -0.2) is 19.2 Å². The molecule has 0 aliphatic heterocycles. The van der Waals surface area contributed by atoms with E-state index in [1.807, 2.05) is 27.7 Å². The molecule has 1 aromatic carbocycles. The quantitative estimate of drug-likeness (QED) is 0.562. The summed E-state index contributed by atoms with van der Waals surface area (Å²) in [5.41, 5.74) is 7.68. The summed E-state index contributed by atoms with van der Waals surface area (Å²) in [7, 11) is 1.71. The number of carbonyl (C=O) groups is 3. The summed E-state index contributed by atoms with van der Waals surface area (Å²) in [4.78, 5) is 42.3. The van der Waals surface area contributed by atoms with E-state index in [0.717, 1.165) is 29.0 Å². The Labute approximate surface area is 197 Å². The van der Waals surface area contributed by atoms with E-state index in [1.165, 1.54) is 0 Å². The third kappa shape index (κ3) is 6.44. The third-order valence-corrected chi connectivity index (χ3v) is 5.32. The Morgan fingerprint density at radius 1 is 1.26 bits per heavy atom. The van der Waals surface area contributed by atoms with Gasteiger partial charge in [-0.05, 0) is 57.2 Å². The van der Waals surface area contributed by atoms with Gasteiger partial charge in [-0.1, -0.05) is 12.1 Å². The number of hydrogen-bond donors (Lipinski definition) is 3. The van der Waals surface area contributed by atoms with Gasteiger partial charge in [0.1, 0.15) is 12.0 Å². The van der Waals surface area contributed by atoms with Gasteiger partial charge in [0.15, 0.2) is 17.3 Å². The number of rotatable bonds is 5. The van der Waals surface area contributed by atoms with Crippen LogP contribution < -0.4 is 11.1 Å². The van der Waals surface area contributed by atoms with E-state index in [9.17, 15) is 18.8 Å². The van der Waals surface area contributed by atoms with Crippen LogP contribution in [0.4, 0.5) is 4.39 Å². The molecule has 4 N–H and O–H groups in total. The molecule has 1 aromatic heterocycles. The Balaban J connectivity index is 0.000000604. The van der Waals surface area contributed by atoms with Crippen molar-refractivity contribution in [2.75, 3.05) is 7.11 Å². The maximum atomic E-state index is 13.7. The second kappa shape index (κ2) is 11.0. The van der Waals surface area contributed by atoms with E-state index >= 15 is 0 Å². The van der Waals surface area contributed by atoms with Gasteiger partial charge >= 0.3 is 5.97 Å². The van der Waals surface area contributed by atoms with E-state index < -0.39 is 29.2 Å². The van der Waals surface area contributed by atoms with Crippen LogP contribution in [0.25, 0.3) is 5.83 Å². The number of aromatic nitrogens is 2. The lowest BCUT2D eigenvalue weighted by molar-refractivity contribution is 0.0397. The molecule has 0 radical (unpaired) electrons. The van der Waals surface area contributed by atoms with Crippen molar-refractivity contribution >= 4 is 24.0 Å². The van der Waals surface area contributed by atoms with Gasteiger partial charge in [-0.3, -0.25) is 9.59 Å². The van der Waals surface area contributed by atoms with Crippen molar-refractivity contribution in [1.82, 2.24) is 15.3 Å². The van der Waals surface area contributed by atoms with Gasteiger partial charge in [-0.2, -0.15) is 0 Å². The minimum absolute atomic E-state index is 0.0417. The summed E-state index contributed by atoms with van der Waals surface area (Å²) in [5, 5.41) is 11.9. The minimum Gasteiger partial charge on any atom is -0.477 e. The Kier molecular flexibility index (Phi) is 8.58. The average Bonchev–Trinajstić information content (AvgIpc) is 3.21. The first-order chi connectivity index (χ1) is 15.9. The molecule has 1 unspecified atom stereocenters. The maximum absolute atomic E-state index is 13.7. The number of nitrogens with two attached hydrogens (primary N) is 1. The first kappa shape index (κ1) is 26.6. The molecule has 0 saturated carbocycles. The van der Waals surface area contributed by atoms with E-state index in [4.69, 9.17) is 15.6 Å². The summed E-state index contributed by atoms with van der Waals surface area (Å²) in [6, 6.07) is 4.12. The molecular weight excluding hydrogens is 443 g/mol. The number of ether oxygens (including phenoxy) is 1. The Morgan fingerprint density at radius 3 is 2.41 bits per heavy atom. The number of benzene rings is 1. The highest BCUT2D eigenvalue weighted by atomic mass is 19.1. The van der Waals surface area contributed by atoms with Crippen LogP contribution in [0, 0.1) is 6.92 Å². The van der Waals surface area contributed by atoms with E-state index in [2.05, 4.69) is 15.3 Å². The molecule has 2 aromatic rings. The molecule has 182 valence electrons. The van der Waals surface area contributed by atoms with E-state index in [1.54, 1.807) is 19.2 Å². The van der Waals surface area contributed by atoms with Crippen LogP contribution in [0.3, 0.4) is 0 Å². The van der Waals surface area contributed by atoms with E-state index in [-0.39, 0.29) is 17.3 Å². The number of methoxy groups -OCH3 is 1. The normalized spacial score (nSPS) is 15.1. The molecule has 9 nitrogen and oxygen atoms in total. The number of halogens is 1. The van der Waals surface area contributed by atoms with Gasteiger partial charge in [0.2, 0.25) is 0 Å². The van der Waals surface area contributed by atoms with Crippen molar-refractivity contribution in [3.8, 4) is 0 Å². The number of amides is 1. The molecule has 1 aliphatic rings. The van der Waals surface area contributed by atoms with Crippen LogP contribution in [-0.2, 0) is 11.2 Å². The predicted octanol–water partition coefficient (Wildman–Crippen LogP) is 3.37. The number of carboxylic acids is 1. The number of nitrogens with one attached hydrogen (secondary N) is 1. The van der Waals surface area contributed by atoms with Crippen LogP contribution in [-0.4, -0.2) is 45.9 Å². The number of fused-ring (bicyclic) bond motifs is 1. The maximum Gasteiger partial charge on any atom is 0.354 e. The minimum atomic E-state index is -1.43. The Hall–Kier alpha value is -3.66. The zero-order valence-corrected chi connectivity index (χ0v) is 19.8. The number of hydrogen-bond acceptors (Lipinski definition) is 7. The van der Waals surface area contributed by atoms with Gasteiger partial charge in [0, 0.05) is 24.9 Å². The molecule has 34 heavy (non-hydrogen) atoms. The third-order valence-electron chi connectivity index (χ3n) is 5.32. The highest BCUT2D eigenvalue weighted by Gasteiger charge is 2.27. The molecule has 1 atom stereocenters. The summed E-state index contributed by atoms with van der Waals surface area (Å²) < 4.78 is 18.7. The monoisotopic (exact) mass is 472 g/mol. The number of carbonyl (C=O) groups excluding carboxylic acids is 2. The number of aromatic carboxylic acids is 1. The largest absolute Gasteiger partial charge is 0.477 e. The molecule has 10 heteroatoms. The van der Waals surface area contributed by atoms with Crippen molar-refractivity contribution < 1.29 is 28.6 Å². The van der Waals surface area contributed by atoms with E-state index in [0.29, 0.717) is 24.6 Å². The number of carboxylic acid groups (broad SMARTS) is 1. The molecule has 1 heterocycles. The molecule has 0 bridgehead atoms. The SMILES string of the molecule is COC(C)(C)C.Cc1c(C=O)ccc2c1CCC2NC(=O)c1cc(C(=O)O)nc(/C(F)=C\N)n1. The number of nitrogens with zero attached hydrogens (tertiary/aromatic N) is 2. The molecular formula is C24H29FN4O5. The van der Waals surface area contributed by atoms with Crippen molar-refractivity contribution in [3.63, 3.8) is 0 Å². The second-order valence-electron chi connectivity index (χ2n) is 8.63. The van der Waals surface area contributed by atoms with Crippen molar-refractivity contribution in [2.45, 2.75) is 52.2 Å². The lowest BCUT2D eigenvalue weighted by Gasteiger charge is -2.15. The molecule has 3 rings (SSSR count). The first-order valence-corrected chi connectivity index (χ1v) is 10.6. The lowest BCUT2D eigenvalue weighted by atomic mass is 9.98. The number of aldehydes is 1. The standard InChI is InChI=1S/C19H17FN4O4.C5H12O/c1-9-10(8-25)2-3-12-11(9)4-5-14(12)24-18(26)15-6-16(19(27)28)23-17(22-15)13(20)7-21;1-5(2,3)6-4/h2-3,6-8,14H,4-5,21H2,1H3,(H,24,26)(H,27,28);1-4H3/b13-7+;. The summed E-state index contributed by atoms with van der Waals surface area (Å²) in [5.74, 6) is -3.71. The van der Waals surface area contributed by atoms with Crippen LogP contribution in [0.1, 0.15) is 87.1 Å². The molecule has 0 saturated heterocycles. The van der Waals surface area contributed by atoms with Crippen LogP contribution in [0.5, 0.6) is 0 Å². The summed E-state index contributed by atoms with van der Waals surface area (Å²) in [6.07, 6.45) is 2.68. The Morgan fingerprint density at radius 2 is 1.88 bits per heavy atom. The summed E-state index contributed by atoms with van der Waals surface area (Å²) >= 11 is 0. The molecule has 1 amide bonds. The average molecular weight is 473 g/mol. The van der Waals surface area contributed by atoms with Gasteiger partial charge in [0.05, 0.1) is 11.6 Å². The smallest absolute Gasteiger partial charge is 0.354 e. The van der Waals surface area contributed by atoms with Crippen LogP contribution in [0.15, 0.2) is 24.4 Å². The highest BCUT2D eigenvalue weighted by molar-refractivity contribution is 5.95. The first-order valence-electron chi connectivity index (χ1n) is 10.6. The van der Waals surface area contributed by atoms with Crippen molar-refractivity contribution in [2.24, 2.45) is 5.73 Å². The van der Waals surface area contributed by atoms with Crippen LogP contribution >= 0.6 is 0 Å². The fourth-order valence-electron chi connectivity index (χ4n) is 3.26. The zero-order chi connectivity index (χ0) is 25.6. The van der Waals surface area contributed by atoms with Crippen LogP contribution in [0.2, 0.25) is 0 Å².